The molecule has 2 N–H and O–H groups in total. The van der Waals surface area contributed by atoms with Crippen molar-refractivity contribution in [3.05, 3.63) is 73.1 Å². The number of hydrogen-bond donors (Lipinski definition) is 2. The van der Waals surface area contributed by atoms with E-state index in [1.807, 2.05) is 24.5 Å². The van der Waals surface area contributed by atoms with E-state index >= 15 is 0 Å². The number of aromatic nitrogens is 2. The number of hydrogen-bond acceptors (Lipinski definition) is 0. The van der Waals surface area contributed by atoms with Gasteiger partial charge >= 0.3 is 0 Å². The number of fused-ring (bicyclic) bond motifs is 1. The second kappa shape index (κ2) is 4.42. The Labute approximate surface area is 117 Å². The Morgan fingerprint density at radius 3 is 1.40 bits per heavy atom. The van der Waals surface area contributed by atoms with Gasteiger partial charge in [0.1, 0.15) is 0 Å². The van der Waals surface area contributed by atoms with Crippen molar-refractivity contribution in [2.75, 3.05) is 0 Å². The van der Waals surface area contributed by atoms with Crippen molar-refractivity contribution in [1.82, 2.24) is 9.97 Å². The van der Waals surface area contributed by atoms with E-state index < -0.39 is 0 Å². The van der Waals surface area contributed by atoms with Crippen LogP contribution in [0.3, 0.4) is 0 Å². The van der Waals surface area contributed by atoms with Crippen molar-refractivity contribution in [1.29, 1.82) is 0 Å². The van der Waals surface area contributed by atoms with Gasteiger partial charge < -0.3 is 9.97 Å². The van der Waals surface area contributed by atoms with Crippen LogP contribution >= 0.6 is 0 Å². The van der Waals surface area contributed by atoms with Gasteiger partial charge in [-0.15, -0.1) is 0 Å². The van der Waals surface area contributed by atoms with Crippen LogP contribution in [0.2, 0.25) is 0 Å². The number of nitrogens with one attached hydrogen (secondary N) is 2. The first kappa shape index (κ1) is 11.1. The molecule has 0 radical (unpaired) electrons. The number of H-pyrrole nitrogens is 2. The number of rotatable bonds is 2. The van der Waals surface area contributed by atoms with E-state index in [1.54, 1.807) is 0 Å². The normalized spacial score (nSPS) is 11.0. The molecule has 0 bridgehead atoms. The van der Waals surface area contributed by atoms with E-state index in [4.69, 9.17) is 0 Å². The molecule has 0 spiro atoms. The summed E-state index contributed by atoms with van der Waals surface area (Å²) in [5.74, 6) is 0. The highest BCUT2D eigenvalue weighted by Gasteiger charge is 2.08. The predicted octanol–water partition coefficient (Wildman–Crippen LogP) is 4.83. The Balaban J connectivity index is 2.04. The van der Waals surface area contributed by atoms with Crippen molar-refractivity contribution >= 4 is 10.8 Å². The van der Waals surface area contributed by atoms with Crippen LogP contribution in [0.4, 0.5) is 0 Å². The van der Waals surface area contributed by atoms with Gasteiger partial charge in [-0.25, -0.2) is 0 Å². The van der Waals surface area contributed by atoms with Gasteiger partial charge in [0.15, 0.2) is 0 Å². The highest BCUT2D eigenvalue weighted by Crippen LogP contribution is 2.33. The van der Waals surface area contributed by atoms with Gasteiger partial charge in [-0.3, -0.25) is 0 Å². The molecule has 2 heteroatoms. The molecule has 0 atom stereocenters. The van der Waals surface area contributed by atoms with Gasteiger partial charge in [0.25, 0.3) is 0 Å². The van der Waals surface area contributed by atoms with Crippen molar-refractivity contribution in [3.8, 4) is 22.5 Å². The van der Waals surface area contributed by atoms with E-state index in [2.05, 4.69) is 58.5 Å². The van der Waals surface area contributed by atoms with Crippen molar-refractivity contribution in [2.45, 2.75) is 0 Å². The third kappa shape index (κ3) is 1.66. The molecule has 20 heavy (non-hydrogen) atoms. The minimum atomic E-state index is 1.15. The SMILES string of the molecule is c1c[nH]c(-c2cccc3c(-c4ccc[nH]4)cccc23)c1. The molecule has 0 aliphatic carbocycles. The predicted molar refractivity (Wildman–Crippen MR) is 83.5 cm³/mol. The Morgan fingerprint density at radius 2 is 1.00 bits per heavy atom. The van der Waals surface area contributed by atoms with E-state index in [-0.39, 0.29) is 0 Å². The van der Waals surface area contributed by atoms with Gasteiger partial charge in [0.05, 0.1) is 0 Å². The molecule has 0 aliphatic rings. The lowest BCUT2D eigenvalue weighted by Crippen LogP contribution is -1.85. The summed E-state index contributed by atoms with van der Waals surface area (Å²) < 4.78 is 0. The molecule has 96 valence electrons. The van der Waals surface area contributed by atoms with Crippen molar-refractivity contribution in [2.24, 2.45) is 0 Å². The van der Waals surface area contributed by atoms with Gasteiger partial charge in [0, 0.05) is 34.9 Å². The summed E-state index contributed by atoms with van der Waals surface area (Å²) in [6, 6.07) is 21.2. The molecule has 2 nitrogen and oxygen atoms in total. The summed E-state index contributed by atoms with van der Waals surface area (Å²) in [6.07, 6.45) is 3.92. The molecule has 0 amide bonds. The average Bonchev–Trinajstić information content (AvgIpc) is 3.19. The molecule has 0 aliphatic heterocycles. The molecule has 0 saturated heterocycles. The number of benzene rings is 2. The zero-order valence-electron chi connectivity index (χ0n) is 10.9. The van der Waals surface area contributed by atoms with Gasteiger partial charge in [-0.05, 0) is 35.0 Å². The molecule has 4 aromatic rings. The molecular formula is C18H14N2. The Bertz CT molecular complexity index is 767. The molecule has 2 heterocycles. The van der Waals surface area contributed by atoms with E-state index in [9.17, 15) is 0 Å². The third-order valence-corrected chi connectivity index (χ3v) is 3.70. The lowest BCUT2D eigenvalue weighted by Gasteiger charge is -2.09. The standard InChI is InChI=1S/C18H14N2/c1-5-13-14(15(7-1)17-9-3-11-19-17)6-2-8-16(13)18-10-4-12-20-18/h1-12,19-20H. The second-order valence-electron chi connectivity index (χ2n) is 4.87. The maximum atomic E-state index is 3.29. The molecule has 0 saturated carbocycles. The summed E-state index contributed by atoms with van der Waals surface area (Å²) in [7, 11) is 0. The van der Waals surface area contributed by atoms with Crippen LogP contribution in [0.15, 0.2) is 73.1 Å². The third-order valence-electron chi connectivity index (χ3n) is 3.70. The van der Waals surface area contributed by atoms with E-state index in [0.29, 0.717) is 0 Å². The van der Waals surface area contributed by atoms with Crippen LogP contribution < -0.4 is 0 Å². The van der Waals surface area contributed by atoms with E-state index in [1.165, 1.54) is 21.9 Å². The summed E-state index contributed by atoms with van der Waals surface area (Å²) in [4.78, 5) is 6.58. The molecule has 0 unspecified atom stereocenters. The van der Waals surface area contributed by atoms with Crippen molar-refractivity contribution in [3.63, 3.8) is 0 Å². The van der Waals surface area contributed by atoms with Crippen LogP contribution in [-0.2, 0) is 0 Å². The smallest absolute Gasteiger partial charge is 0.0460 e. The zero-order chi connectivity index (χ0) is 13.4. The minimum Gasteiger partial charge on any atom is -0.361 e. The maximum Gasteiger partial charge on any atom is 0.0460 e. The van der Waals surface area contributed by atoms with Crippen molar-refractivity contribution < 1.29 is 0 Å². The van der Waals surface area contributed by atoms with Gasteiger partial charge in [-0.2, -0.15) is 0 Å². The first-order chi connectivity index (χ1) is 9.93. The summed E-state index contributed by atoms with van der Waals surface area (Å²) in [5, 5.41) is 2.53. The van der Waals surface area contributed by atoms with Crippen LogP contribution in [0.5, 0.6) is 0 Å². The fraction of sp³-hybridized carbons (Fsp3) is 0. The quantitative estimate of drug-likeness (QED) is 0.516. The highest BCUT2D eigenvalue weighted by molar-refractivity contribution is 6.03. The lowest BCUT2D eigenvalue weighted by molar-refractivity contribution is 1.40. The van der Waals surface area contributed by atoms with Gasteiger partial charge in [0.2, 0.25) is 0 Å². The van der Waals surface area contributed by atoms with Crippen LogP contribution in [-0.4, -0.2) is 9.97 Å². The Kier molecular flexibility index (Phi) is 2.46. The minimum absolute atomic E-state index is 1.15. The first-order valence-corrected chi connectivity index (χ1v) is 6.73. The van der Waals surface area contributed by atoms with Crippen LogP contribution in [0.25, 0.3) is 33.3 Å². The van der Waals surface area contributed by atoms with E-state index in [0.717, 1.165) is 11.4 Å². The topological polar surface area (TPSA) is 31.6 Å². The largest absolute Gasteiger partial charge is 0.361 e. The first-order valence-electron chi connectivity index (χ1n) is 6.73. The molecular weight excluding hydrogens is 244 g/mol. The molecule has 2 aromatic carbocycles. The Morgan fingerprint density at radius 1 is 0.500 bits per heavy atom. The highest BCUT2D eigenvalue weighted by atomic mass is 14.7. The second-order valence-corrected chi connectivity index (χ2v) is 4.87. The Hall–Kier alpha value is -2.74. The fourth-order valence-corrected chi connectivity index (χ4v) is 2.78. The molecule has 0 fully saturated rings. The monoisotopic (exact) mass is 258 g/mol. The average molecular weight is 258 g/mol. The summed E-state index contributed by atoms with van der Waals surface area (Å²) >= 11 is 0. The zero-order valence-corrected chi connectivity index (χ0v) is 10.9. The van der Waals surface area contributed by atoms with Gasteiger partial charge in [-0.1, -0.05) is 36.4 Å². The van der Waals surface area contributed by atoms with Crippen LogP contribution in [0, 0.1) is 0 Å². The fourth-order valence-electron chi connectivity index (χ4n) is 2.78. The maximum absolute atomic E-state index is 3.29. The lowest BCUT2D eigenvalue weighted by atomic mass is 9.97. The van der Waals surface area contributed by atoms with Crippen LogP contribution in [0.1, 0.15) is 0 Å². The number of aromatic amines is 2. The molecule has 4 rings (SSSR count). The summed E-state index contributed by atoms with van der Waals surface area (Å²) in [5.41, 5.74) is 4.78. The summed E-state index contributed by atoms with van der Waals surface area (Å²) in [6.45, 7) is 0. The molecule has 2 aromatic heterocycles.